The lowest BCUT2D eigenvalue weighted by atomic mass is 10.1. The van der Waals surface area contributed by atoms with Crippen molar-refractivity contribution in [3.05, 3.63) is 52.9 Å². The Bertz CT molecular complexity index is 684. The van der Waals surface area contributed by atoms with Crippen molar-refractivity contribution in [3.63, 3.8) is 0 Å². The molecule has 1 aliphatic rings. The highest BCUT2D eigenvalue weighted by Gasteiger charge is 2.34. The first-order chi connectivity index (χ1) is 10.1. The van der Waals surface area contributed by atoms with Crippen LogP contribution in [0.1, 0.15) is 40.7 Å². The summed E-state index contributed by atoms with van der Waals surface area (Å²) < 4.78 is 31.9. The van der Waals surface area contributed by atoms with Crippen molar-refractivity contribution < 1.29 is 18.1 Å². The Hall–Kier alpha value is -2.24. The first kappa shape index (κ1) is 13.7. The molecule has 4 nitrogen and oxygen atoms in total. The average Bonchev–Trinajstić information content (AvgIpc) is 3.06. The van der Waals surface area contributed by atoms with E-state index < -0.39 is 17.5 Å². The van der Waals surface area contributed by atoms with Crippen molar-refractivity contribution in [2.24, 2.45) is 0 Å². The van der Waals surface area contributed by atoms with Gasteiger partial charge in [-0.25, -0.2) is 8.78 Å². The van der Waals surface area contributed by atoms with Crippen LogP contribution in [0.3, 0.4) is 0 Å². The monoisotopic (exact) mass is 292 g/mol. The Morgan fingerprint density at radius 1 is 1.38 bits per heavy atom. The molecule has 1 amide bonds. The van der Waals surface area contributed by atoms with Gasteiger partial charge in [-0.15, -0.1) is 0 Å². The maximum atomic E-state index is 13.8. The van der Waals surface area contributed by atoms with Crippen LogP contribution in [0.2, 0.25) is 0 Å². The van der Waals surface area contributed by atoms with E-state index >= 15 is 0 Å². The van der Waals surface area contributed by atoms with Gasteiger partial charge in [0.25, 0.3) is 5.91 Å². The van der Waals surface area contributed by atoms with E-state index in [-0.39, 0.29) is 11.6 Å². The predicted octanol–water partition coefficient (Wildman–Crippen LogP) is 3.24. The average molecular weight is 292 g/mol. The number of hydrogen-bond acceptors (Lipinski definition) is 3. The predicted molar refractivity (Wildman–Crippen MR) is 70.6 cm³/mol. The standard InChI is InChI=1S/C15H14F2N2O2/c1-9-7-14(21-18-9)13-3-2-6-19(13)15(20)11-5-4-10(16)8-12(11)17/h4-5,7-8,13H,2-3,6H2,1H3/t13-/m1/s1. The van der Waals surface area contributed by atoms with E-state index in [1.54, 1.807) is 17.9 Å². The van der Waals surface area contributed by atoms with E-state index in [0.29, 0.717) is 12.3 Å². The number of carbonyl (C=O) groups is 1. The topological polar surface area (TPSA) is 46.3 Å². The molecule has 3 rings (SSSR count). The number of carbonyl (C=O) groups excluding carboxylic acids is 1. The van der Waals surface area contributed by atoms with Crippen LogP contribution in [0.5, 0.6) is 0 Å². The maximum absolute atomic E-state index is 13.8. The zero-order chi connectivity index (χ0) is 15.0. The number of hydrogen-bond donors (Lipinski definition) is 0. The fourth-order valence-electron chi connectivity index (χ4n) is 2.66. The Kier molecular flexibility index (Phi) is 3.45. The Labute approximate surface area is 120 Å². The minimum absolute atomic E-state index is 0.125. The molecule has 1 atom stereocenters. The van der Waals surface area contributed by atoms with Crippen LogP contribution < -0.4 is 0 Å². The molecule has 1 aromatic heterocycles. The largest absolute Gasteiger partial charge is 0.359 e. The van der Waals surface area contributed by atoms with Gasteiger partial charge < -0.3 is 9.42 Å². The van der Waals surface area contributed by atoms with Crippen LogP contribution in [0, 0.1) is 18.6 Å². The zero-order valence-corrected chi connectivity index (χ0v) is 11.5. The van der Waals surface area contributed by atoms with Crippen molar-refractivity contribution in [1.82, 2.24) is 10.1 Å². The van der Waals surface area contributed by atoms with Gasteiger partial charge in [0, 0.05) is 18.7 Å². The number of benzene rings is 1. The quantitative estimate of drug-likeness (QED) is 0.853. The Balaban J connectivity index is 1.89. The summed E-state index contributed by atoms with van der Waals surface area (Å²) in [4.78, 5) is 14.0. The van der Waals surface area contributed by atoms with Gasteiger partial charge in [-0.2, -0.15) is 0 Å². The summed E-state index contributed by atoms with van der Waals surface area (Å²) in [6.45, 7) is 2.31. The van der Waals surface area contributed by atoms with Gasteiger partial charge in [0.2, 0.25) is 0 Å². The van der Waals surface area contributed by atoms with Gasteiger partial charge in [-0.05, 0) is 31.9 Å². The maximum Gasteiger partial charge on any atom is 0.257 e. The Morgan fingerprint density at radius 3 is 2.86 bits per heavy atom. The molecule has 0 bridgehead atoms. The molecular formula is C15H14F2N2O2. The minimum atomic E-state index is -0.848. The summed E-state index contributed by atoms with van der Waals surface area (Å²) in [6, 6.07) is 4.51. The lowest BCUT2D eigenvalue weighted by Crippen LogP contribution is -2.31. The molecule has 1 fully saturated rings. The first-order valence-electron chi connectivity index (χ1n) is 6.75. The highest BCUT2D eigenvalue weighted by atomic mass is 19.1. The summed E-state index contributed by atoms with van der Waals surface area (Å²) in [5, 5.41) is 3.82. The SMILES string of the molecule is Cc1cc([C@H]2CCCN2C(=O)c2ccc(F)cc2F)on1. The van der Waals surface area contributed by atoms with Crippen molar-refractivity contribution in [3.8, 4) is 0 Å². The second kappa shape index (κ2) is 5.27. The number of aryl methyl sites for hydroxylation is 1. The summed E-state index contributed by atoms with van der Waals surface area (Å²) in [6.07, 6.45) is 1.54. The van der Waals surface area contributed by atoms with Crippen LogP contribution in [0.25, 0.3) is 0 Å². The fraction of sp³-hybridized carbons (Fsp3) is 0.333. The van der Waals surface area contributed by atoms with Gasteiger partial charge in [-0.1, -0.05) is 5.16 Å². The van der Waals surface area contributed by atoms with Crippen LogP contribution >= 0.6 is 0 Å². The van der Waals surface area contributed by atoms with Crippen LogP contribution in [-0.4, -0.2) is 22.5 Å². The molecular weight excluding hydrogens is 278 g/mol. The molecule has 0 aliphatic carbocycles. The molecule has 0 spiro atoms. The number of nitrogens with zero attached hydrogens (tertiary/aromatic N) is 2. The van der Waals surface area contributed by atoms with Crippen LogP contribution in [0.15, 0.2) is 28.8 Å². The molecule has 0 saturated carbocycles. The van der Waals surface area contributed by atoms with Crippen molar-refractivity contribution >= 4 is 5.91 Å². The van der Waals surface area contributed by atoms with Crippen LogP contribution in [-0.2, 0) is 0 Å². The Morgan fingerprint density at radius 2 is 2.19 bits per heavy atom. The van der Waals surface area contributed by atoms with Gasteiger partial charge in [0.15, 0.2) is 5.76 Å². The van der Waals surface area contributed by atoms with Crippen LogP contribution in [0.4, 0.5) is 8.78 Å². The molecule has 0 radical (unpaired) electrons. The van der Waals surface area contributed by atoms with E-state index in [4.69, 9.17) is 4.52 Å². The lowest BCUT2D eigenvalue weighted by molar-refractivity contribution is 0.0709. The first-order valence-corrected chi connectivity index (χ1v) is 6.75. The second-order valence-electron chi connectivity index (χ2n) is 5.15. The lowest BCUT2D eigenvalue weighted by Gasteiger charge is -2.22. The second-order valence-corrected chi connectivity index (χ2v) is 5.15. The summed E-state index contributed by atoms with van der Waals surface area (Å²) in [5.41, 5.74) is 0.608. The van der Waals surface area contributed by atoms with E-state index in [1.807, 2.05) is 0 Å². The third-order valence-corrected chi connectivity index (χ3v) is 3.65. The van der Waals surface area contributed by atoms with Gasteiger partial charge >= 0.3 is 0 Å². The molecule has 0 unspecified atom stereocenters. The summed E-state index contributed by atoms with van der Waals surface area (Å²) >= 11 is 0. The number of likely N-dealkylation sites (tertiary alicyclic amines) is 1. The third kappa shape index (κ3) is 2.53. The van der Waals surface area contributed by atoms with Crippen molar-refractivity contribution in [1.29, 1.82) is 0 Å². The molecule has 110 valence electrons. The molecule has 6 heteroatoms. The third-order valence-electron chi connectivity index (χ3n) is 3.65. The van der Waals surface area contributed by atoms with E-state index in [9.17, 15) is 13.6 Å². The smallest absolute Gasteiger partial charge is 0.257 e. The van der Waals surface area contributed by atoms with Gasteiger partial charge in [-0.3, -0.25) is 4.79 Å². The number of halogens is 2. The molecule has 2 aromatic rings. The summed E-state index contributed by atoms with van der Waals surface area (Å²) in [5.74, 6) is -1.41. The molecule has 21 heavy (non-hydrogen) atoms. The molecule has 2 heterocycles. The summed E-state index contributed by atoms with van der Waals surface area (Å²) in [7, 11) is 0. The molecule has 1 saturated heterocycles. The van der Waals surface area contributed by atoms with Crippen molar-refractivity contribution in [2.75, 3.05) is 6.54 Å². The van der Waals surface area contributed by atoms with Gasteiger partial charge in [0.1, 0.15) is 11.6 Å². The highest BCUT2D eigenvalue weighted by molar-refractivity contribution is 5.94. The normalized spacial score (nSPS) is 18.2. The van der Waals surface area contributed by atoms with E-state index in [2.05, 4.69) is 5.16 Å². The number of aromatic nitrogens is 1. The fourth-order valence-corrected chi connectivity index (χ4v) is 2.66. The highest BCUT2D eigenvalue weighted by Crippen LogP contribution is 2.33. The number of amides is 1. The van der Waals surface area contributed by atoms with Crippen molar-refractivity contribution in [2.45, 2.75) is 25.8 Å². The van der Waals surface area contributed by atoms with E-state index in [0.717, 1.165) is 30.7 Å². The molecule has 1 aliphatic heterocycles. The van der Waals surface area contributed by atoms with Gasteiger partial charge in [0.05, 0.1) is 17.3 Å². The molecule has 1 aromatic carbocycles. The number of rotatable bonds is 2. The molecule has 0 N–H and O–H groups in total. The van der Waals surface area contributed by atoms with E-state index in [1.165, 1.54) is 6.07 Å². The zero-order valence-electron chi connectivity index (χ0n) is 11.5. The minimum Gasteiger partial charge on any atom is -0.359 e.